The molecule has 1 fully saturated rings. The second-order valence-corrected chi connectivity index (χ2v) is 4.83. The van der Waals surface area contributed by atoms with Crippen LogP contribution in [-0.4, -0.2) is 35.8 Å². The molecule has 5 heteroatoms. The summed E-state index contributed by atoms with van der Waals surface area (Å²) in [7, 11) is 0. The van der Waals surface area contributed by atoms with Crippen molar-refractivity contribution < 1.29 is 9.13 Å². The molecule has 0 spiro atoms. The predicted octanol–water partition coefficient (Wildman–Crippen LogP) is 2.06. The summed E-state index contributed by atoms with van der Waals surface area (Å²) < 4.78 is 18.6. The Balaban J connectivity index is 1.66. The van der Waals surface area contributed by atoms with Gasteiger partial charge in [-0.1, -0.05) is 30.3 Å². The first-order chi connectivity index (χ1) is 9.81. The first-order valence-electron chi connectivity index (χ1n) is 6.69. The number of aromatic nitrogens is 2. The standard InChI is InChI=1S/C15H16FN3O/c16-13-9-17-15(18-10-13)19-6-7-20-14(11-19)8-12-4-2-1-3-5-12/h1-5,9-10,14H,6-8,11H2/t14-/m0/s1. The van der Waals surface area contributed by atoms with Crippen molar-refractivity contribution in [3.8, 4) is 0 Å². The van der Waals surface area contributed by atoms with Crippen LogP contribution >= 0.6 is 0 Å². The molecule has 0 radical (unpaired) electrons. The molecule has 104 valence electrons. The zero-order valence-corrected chi connectivity index (χ0v) is 11.1. The lowest BCUT2D eigenvalue weighted by Gasteiger charge is -2.33. The van der Waals surface area contributed by atoms with Crippen molar-refractivity contribution in [2.45, 2.75) is 12.5 Å². The zero-order chi connectivity index (χ0) is 13.8. The van der Waals surface area contributed by atoms with Gasteiger partial charge in [-0.15, -0.1) is 0 Å². The molecule has 1 saturated heterocycles. The molecule has 0 N–H and O–H groups in total. The SMILES string of the molecule is Fc1cnc(N2CCO[C@@H](Cc3ccccc3)C2)nc1. The average Bonchev–Trinajstić information content (AvgIpc) is 2.49. The van der Waals surface area contributed by atoms with Crippen molar-refractivity contribution in [2.75, 3.05) is 24.6 Å². The molecule has 0 aliphatic carbocycles. The van der Waals surface area contributed by atoms with Gasteiger partial charge in [0.2, 0.25) is 5.95 Å². The highest BCUT2D eigenvalue weighted by molar-refractivity contribution is 5.30. The van der Waals surface area contributed by atoms with Crippen molar-refractivity contribution in [2.24, 2.45) is 0 Å². The summed E-state index contributed by atoms with van der Waals surface area (Å²) in [6, 6.07) is 10.2. The summed E-state index contributed by atoms with van der Waals surface area (Å²) in [5.74, 6) is 0.149. The summed E-state index contributed by atoms with van der Waals surface area (Å²) in [6.07, 6.45) is 3.37. The molecule has 1 aliphatic heterocycles. The molecule has 1 atom stereocenters. The van der Waals surface area contributed by atoms with E-state index >= 15 is 0 Å². The molecular weight excluding hydrogens is 257 g/mol. The van der Waals surface area contributed by atoms with Crippen LogP contribution in [0.25, 0.3) is 0 Å². The van der Waals surface area contributed by atoms with Gasteiger partial charge in [0.15, 0.2) is 5.82 Å². The second-order valence-electron chi connectivity index (χ2n) is 4.83. The van der Waals surface area contributed by atoms with Crippen LogP contribution in [-0.2, 0) is 11.2 Å². The van der Waals surface area contributed by atoms with Gasteiger partial charge in [-0.25, -0.2) is 14.4 Å². The number of benzene rings is 1. The number of hydrogen-bond acceptors (Lipinski definition) is 4. The van der Waals surface area contributed by atoms with E-state index in [1.807, 2.05) is 23.1 Å². The average molecular weight is 273 g/mol. The molecule has 20 heavy (non-hydrogen) atoms. The first kappa shape index (κ1) is 13.0. The number of rotatable bonds is 3. The van der Waals surface area contributed by atoms with Gasteiger partial charge in [-0.2, -0.15) is 0 Å². The quantitative estimate of drug-likeness (QED) is 0.858. The van der Waals surface area contributed by atoms with Gasteiger partial charge in [-0.05, 0) is 5.56 Å². The molecule has 1 aromatic heterocycles. The smallest absolute Gasteiger partial charge is 0.225 e. The van der Waals surface area contributed by atoms with E-state index in [-0.39, 0.29) is 6.10 Å². The minimum absolute atomic E-state index is 0.111. The fourth-order valence-electron chi connectivity index (χ4n) is 2.37. The molecule has 1 aromatic carbocycles. The van der Waals surface area contributed by atoms with E-state index < -0.39 is 5.82 Å². The highest BCUT2D eigenvalue weighted by Crippen LogP contribution is 2.15. The highest BCUT2D eigenvalue weighted by Gasteiger charge is 2.22. The fourth-order valence-corrected chi connectivity index (χ4v) is 2.37. The third-order valence-corrected chi connectivity index (χ3v) is 3.33. The molecule has 2 aromatic rings. The van der Waals surface area contributed by atoms with E-state index in [0.717, 1.165) is 19.5 Å². The lowest BCUT2D eigenvalue weighted by Crippen LogP contribution is -2.44. The van der Waals surface area contributed by atoms with Gasteiger partial charge in [0, 0.05) is 19.5 Å². The minimum Gasteiger partial charge on any atom is -0.374 e. The summed E-state index contributed by atoms with van der Waals surface area (Å²) >= 11 is 0. The number of hydrogen-bond donors (Lipinski definition) is 0. The maximum Gasteiger partial charge on any atom is 0.225 e. The fraction of sp³-hybridized carbons (Fsp3) is 0.333. The largest absolute Gasteiger partial charge is 0.374 e. The highest BCUT2D eigenvalue weighted by atomic mass is 19.1. The van der Waals surface area contributed by atoms with Gasteiger partial charge < -0.3 is 9.64 Å². The summed E-state index contributed by atoms with van der Waals surface area (Å²) in [5.41, 5.74) is 1.25. The zero-order valence-electron chi connectivity index (χ0n) is 11.1. The molecule has 1 aliphatic rings. The Morgan fingerprint density at radius 3 is 2.70 bits per heavy atom. The topological polar surface area (TPSA) is 38.2 Å². The molecule has 0 amide bonds. The first-order valence-corrected chi connectivity index (χ1v) is 6.69. The van der Waals surface area contributed by atoms with E-state index in [1.54, 1.807) is 0 Å². The van der Waals surface area contributed by atoms with Gasteiger partial charge in [0.25, 0.3) is 0 Å². The van der Waals surface area contributed by atoms with Crippen molar-refractivity contribution in [1.29, 1.82) is 0 Å². The van der Waals surface area contributed by atoms with Gasteiger partial charge in [0.05, 0.1) is 25.1 Å². The number of halogens is 1. The van der Waals surface area contributed by atoms with E-state index in [1.165, 1.54) is 18.0 Å². The lowest BCUT2D eigenvalue weighted by atomic mass is 10.1. The van der Waals surface area contributed by atoms with Crippen molar-refractivity contribution in [3.05, 3.63) is 54.1 Å². The third-order valence-electron chi connectivity index (χ3n) is 3.33. The Hall–Kier alpha value is -2.01. The lowest BCUT2D eigenvalue weighted by molar-refractivity contribution is 0.0405. The van der Waals surface area contributed by atoms with E-state index in [2.05, 4.69) is 22.1 Å². The maximum absolute atomic E-state index is 12.8. The summed E-state index contributed by atoms with van der Waals surface area (Å²) in [5, 5.41) is 0. The Labute approximate surface area is 117 Å². The monoisotopic (exact) mass is 273 g/mol. The predicted molar refractivity (Wildman–Crippen MR) is 74.1 cm³/mol. The molecule has 2 heterocycles. The Morgan fingerprint density at radius 2 is 1.95 bits per heavy atom. The van der Waals surface area contributed by atoms with Crippen molar-refractivity contribution >= 4 is 5.95 Å². The van der Waals surface area contributed by atoms with Crippen LogP contribution < -0.4 is 4.90 Å². The van der Waals surface area contributed by atoms with Crippen molar-refractivity contribution in [3.63, 3.8) is 0 Å². The van der Waals surface area contributed by atoms with Crippen LogP contribution in [0.1, 0.15) is 5.56 Å². The second kappa shape index (κ2) is 5.96. The Morgan fingerprint density at radius 1 is 1.20 bits per heavy atom. The van der Waals surface area contributed by atoms with Gasteiger partial charge >= 0.3 is 0 Å². The molecule has 0 bridgehead atoms. The van der Waals surface area contributed by atoms with Crippen LogP contribution in [0, 0.1) is 5.82 Å². The van der Waals surface area contributed by atoms with E-state index in [4.69, 9.17) is 4.74 Å². The third kappa shape index (κ3) is 3.11. The normalized spacial score (nSPS) is 19.1. The van der Waals surface area contributed by atoms with Gasteiger partial charge in [0.1, 0.15) is 0 Å². The van der Waals surface area contributed by atoms with E-state index in [9.17, 15) is 4.39 Å². The van der Waals surface area contributed by atoms with Crippen LogP contribution in [0.5, 0.6) is 0 Å². The Kier molecular flexibility index (Phi) is 3.87. The van der Waals surface area contributed by atoms with Crippen LogP contribution in [0.3, 0.4) is 0 Å². The van der Waals surface area contributed by atoms with E-state index in [0.29, 0.717) is 12.6 Å². The Bertz CT molecular complexity index is 547. The maximum atomic E-state index is 12.8. The molecule has 0 unspecified atom stereocenters. The minimum atomic E-state index is -0.414. The number of anilines is 1. The van der Waals surface area contributed by atoms with Crippen LogP contribution in [0.2, 0.25) is 0 Å². The molecule has 0 saturated carbocycles. The van der Waals surface area contributed by atoms with Gasteiger partial charge in [-0.3, -0.25) is 0 Å². The summed E-state index contributed by atoms with van der Waals surface area (Å²) in [6.45, 7) is 2.09. The molecular formula is C15H16FN3O. The van der Waals surface area contributed by atoms with Crippen LogP contribution in [0.4, 0.5) is 10.3 Å². The summed E-state index contributed by atoms with van der Waals surface area (Å²) in [4.78, 5) is 10.1. The van der Waals surface area contributed by atoms with Crippen molar-refractivity contribution in [1.82, 2.24) is 9.97 Å². The number of morpholine rings is 1. The molecule has 4 nitrogen and oxygen atoms in total. The number of nitrogens with zero attached hydrogens (tertiary/aromatic N) is 3. The molecule has 3 rings (SSSR count). The number of ether oxygens (including phenoxy) is 1. The van der Waals surface area contributed by atoms with Crippen LogP contribution in [0.15, 0.2) is 42.7 Å².